The van der Waals surface area contributed by atoms with Gasteiger partial charge in [-0.1, -0.05) is 0 Å². The molecule has 4 heteroatoms. The van der Waals surface area contributed by atoms with E-state index in [1.54, 1.807) is 0 Å². The van der Waals surface area contributed by atoms with Crippen LogP contribution in [-0.2, 0) is 6.42 Å². The Balaban J connectivity index is 1.47. The molecule has 1 aliphatic carbocycles. The molecule has 1 saturated carbocycles. The third-order valence-electron chi connectivity index (χ3n) is 4.63. The third-order valence-corrected chi connectivity index (χ3v) is 4.63. The Morgan fingerprint density at radius 2 is 1.94 bits per heavy atom. The maximum Gasteiger partial charge on any atom is 0.133 e. The first-order valence-corrected chi connectivity index (χ1v) is 7.03. The monoisotopic (exact) mass is 232 g/mol. The molecule has 2 bridgehead atoms. The van der Waals surface area contributed by atoms with Crippen LogP contribution in [0.5, 0.6) is 0 Å². The molecular formula is C13H20N4. The molecule has 1 aromatic heterocycles. The summed E-state index contributed by atoms with van der Waals surface area (Å²) in [6.45, 7) is 0. The van der Waals surface area contributed by atoms with Crippen molar-refractivity contribution in [1.82, 2.24) is 20.1 Å². The molecular weight excluding hydrogens is 212 g/mol. The van der Waals surface area contributed by atoms with Gasteiger partial charge in [0.2, 0.25) is 0 Å². The fourth-order valence-electron chi connectivity index (χ4n) is 3.67. The molecule has 3 aliphatic rings. The van der Waals surface area contributed by atoms with Gasteiger partial charge in [0.15, 0.2) is 0 Å². The van der Waals surface area contributed by atoms with Crippen LogP contribution in [0.4, 0.5) is 0 Å². The summed E-state index contributed by atoms with van der Waals surface area (Å²) in [7, 11) is 0. The van der Waals surface area contributed by atoms with Crippen molar-refractivity contribution >= 4 is 0 Å². The summed E-state index contributed by atoms with van der Waals surface area (Å²) in [5, 5.41) is 12.1. The summed E-state index contributed by atoms with van der Waals surface area (Å²) < 4.78 is 2.32. The summed E-state index contributed by atoms with van der Waals surface area (Å²) in [5.74, 6) is 2.06. The zero-order valence-corrected chi connectivity index (χ0v) is 10.2. The van der Waals surface area contributed by atoms with Crippen LogP contribution in [0.15, 0.2) is 6.33 Å². The van der Waals surface area contributed by atoms with Crippen molar-refractivity contribution in [2.24, 2.45) is 5.92 Å². The van der Waals surface area contributed by atoms with Gasteiger partial charge in [0.1, 0.15) is 12.2 Å². The zero-order valence-electron chi connectivity index (χ0n) is 10.2. The summed E-state index contributed by atoms with van der Waals surface area (Å²) >= 11 is 0. The lowest BCUT2D eigenvalue weighted by Gasteiger charge is -2.28. The van der Waals surface area contributed by atoms with Gasteiger partial charge in [-0.2, -0.15) is 0 Å². The van der Waals surface area contributed by atoms with Gasteiger partial charge >= 0.3 is 0 Å². The Bertz CT molecular complexity index is 397. The van der Waals surface area contributed by atoms with E-state index >= 15 is 0 Å². The number of nitrogens with zero attached hydrogens (tertiary/aromatic N) is 3. The lowest BCUT2D eigenvalue weighted by molar-refractivity contribution is 0.292. The Labute approximate surface area is 102 Å². The number of nitrogens with one attached hydrogen (secondary N) is 1. The number of piperidine rings is 1. The standard InChI is InChI=1S/C13H20N4/c1-2-11-6-9(5-10(1)15-11)7-13-16-14-8-17(13)12-3-4-12/h8-12,15H,1-7H2. The Morgan fingerprint density at radius 3 is 2.65 bits per heavy atom. The fourth-order valence-corrected chi connectivity index (χ4v) is 3.67. The largest absolute Gasteiger partial charge is 0.314 e. The van der Waals surface area contributed by atoms with E-state index in [1.165, 1.54) is 44.3 Å². The smallest absolute Gasteiger partial charge is 0.133 e. The quantitative estimate of drug-likeness (QED) is 0.862. The van der Waals surface area contributed by atoms with E-state index in [2.05, 4.69) is 20.1 Å². The van der Waals surface area contributed by atoms with E-state index < -0.39 is 0 Å². The first-order valence-electron chi connectivity index (χ1n) is 7.03. The summed E-state index contributed by atoms with van der Waals surface area (Å²) in [5.41, 5.74) is 0. The van der Waals surface area contributed by atoms with Gasteiger partial charge in [0.25, 0.3) is 0 Å². The lowest BCUT2D eigenvalue weighted by atomic mass is 9.89. The van der Waals surface area contributed by atoms with E-state index in [4.69, 9.17) is 0 Å². The third kappa shape index (κ3) is 1.88. The number of aromatic nitrogens is 3. The normalized spacial score (nSPS) is 36.4. The number of fused-ring (bicyclic) bond motifs is 2. The number of hydrogen-bond donors (Lipinski definition) is 1. The van der Waals surface area contributed by atoms with Crippen LogP contribution in [0.3, 0.4) is 0 Å². The Kier molecular flexibility index (Phi) is 2.25. The molecule has 1 aromatic rings. The summed E-state index contributed by atoms with van der Waals surface area (Å²) in [4.78, 5) is 0. The van der Waals surface area contributed by atoms with E-state index in [0.29, 0.717) is 0 Å². The predicted molar refractivity (Wildman–Crippen MR) is 64.7 cm³/mol. The topological polar surface area (TPSA) is 42.7 Å². The van der Waals surface area contributed by atoms with Crippen molar-refractivity contribution in [2.45, 2.75) is 63.1 Å². The van der Waals surface area contributed by atoms with Crippen LogP contribution in [0.25, 0.3) is 0 Å². The summed E-state index contributed by atoms with van der Waals surface area (Å²) in [6.07, 6.45) is 11.2. The maximum absolute atomic E-state index is 4.33. The van der Waals surface area contributed by atoms with Crippen LogP contribution < -0.4 is 5.32 Å². The molecule has 0 spiro atoms. The number of rotatable bonds is 3. The lowest BCUT2D eigenvalue weighted by Crippen LogP contribution is -2.38. The second kappa shape index (κ2) is 3.80. The second-order valence-corrected chi connectivity index (χ2v) is 6.07. The Hall–Kier alpha value is -0.900. The molecule has 4 rings (SSSR count). The second-order valence-electron chi connectivity index (χ2n) is 6.07. The van der Waals surface area contributed by atoms with Crippen molar-refractivity contribution in [2.75, 3.05) is 0 Å². The van der Waals surface area contributed by atoms with Gasteiger partial charge in [0, 0.05) is 24.5 Å². The highest BCUT2D eigenvalue weighted by molar-refractivity contribution is 4.99. The van der Waals surface area contributed by atoms with E-state index in [-0.39, 0.29) is 0 Å². The average Bonchev–Trinajstić information content (AvgIpc) is 2.98. The summed E-state index contributed by atoms with van der Waals surface area (Å²) in [6, 6.07) is 2.30. The highest BCUT2D eigenvalue weighted by atomic mass is 15.3. The van der Waals surface area contributed by atoms with Crippen LogP contribution in [0.1, 0.15) is 50.4 Å². The highest BCUT2D eigenvalue weighted by Crippen LogP contribution is 2.37. The van der Waals surface area contributed by atoms with Gasteiger partial charge in [-0.05, 0) is 44.4 Å². The van der Waals surface area contributed by atoms with Crippen LogP contribution >= 0.6 is 0 Å². The van der Waals surface area contributed by atoms with Crippen molar-refractivity contribution in [3.8, 4) is 0 Å². The Morgan fingerprint density at radius 1 is 1.18 bits per heavy atom. The first-order chi connectivity index (χ1) is 8.38. The van der Waals surface area contributed by atoms with E-state index in [9.17, 15) is 0 Å². The molecule has 1 N–H and O–H groups in total. The highest BCUT2D eigenvalue weighted by Gasteiger charge is 2.34. The van der Waals surface area contributed by atoms with E-state index in [0.717, 1.165) is 30.5 Å². The van der Waals surface area contributed by atoms with Gasteiger partial charge < -0.3 is 9.88 Å². The fraction of sp³-hybridized carbons (Fsp3) is 0.846. The number of hydrogen-bond acceptors (Lipinski definition) is 3. The predicted octanol–water partition coefficient (Wildman–Crippen LogP) is 1.69. The minimum Gasteiger partial charge on any atom is -0.314 e. The molecule has 4 nitrogen and oxygen atoms in total. The maximum atomic E-state index is 4.33. The molecule has 3 fully saturated rings. The molecule has 0 amide bonds. The first kappa shape index (κ1) is 10.1. The van der Waals surface area contributed by atoms with Crippen LogP contribution in [-0.4, -0.2) is 26.8 Å². The van der Waals surface area contributed by atoms with Crippen LogP contribution in [0, 0.1) is 5.92 Å². The minimum absolute atomic E-state index is 0.721. The molecule has 3 heterocycles. The molecule has 92 valence electrons. The molecule has 2 saturated heterocycles. The van der Waals surface area contributed by atoms with Gasteiger partial charge in [0.05, 0.1) is 0 Å². The molecule has 2 aliphatic heterocycles. The molecule has 0 radical (unpaired) electrons. The SMILES string of the molecule is c1nnc(CC2CC3CCC(C2)N3)n1C1CC1. The molecule has 2 unspecified atom stereocenters. The minimum atomic E-state index is 0.721. The van der Waals surface area contributed by atoms with Crippen molar-refractivity contribution < 1.29 is 0 Å². The van der Waals surface area contributed by atoms with Crippen molar-refractivity contribution in [3.05, 3.63) is 12.2 Å². The van der Waals surface area contributed by atoms with Gasteiger partial charge in [-0.15, -0.1) is 10.2 Å². The molecule has 0 aromatic carbocycles. The van der Waals surface area contributed by atoms with Crippen molar-refractivity contribution in [1.29, 1.82) is 0 Å². The van der Waals surface area contributed by atoms with Crippen LogP contribution in [0.2, 0.25) is 0 Å². The molecule has 2 atom stereocenters. The van der Waals surface area contributed by atoms with Gasteiger partial charge in [-0.3, -0.25) is 0 Å². The average molecular weight is 232 g/mol. The van der Waals surface area contributed by atoms with Crippen molar-refractivity contribution in [3.63, 3.8) is 0 Å². The van der Waals surface area contributed by atoms with E-state index in [1.807, 2.05) is 6.33 Å². The van der Waals surface area contributed by atoms with Gasteiger partial charge in [-0.25, -0.2) is 0 Å². The zero-order chi connectivity index (χ0) is 11.2. The molecule has 17 heavy (non-hydrogen) atoms.